The van der Waals surface area contributed by atoms with E-state index in [9.17, 15) is 4.79 Å². The van der Waals surface area contributed by atoms with Gasteiger partial charge in [-0.25, -0.2) is 0 Å². The second kappa shape index (κ2) is 10.0. The van der Waals surface area contributed by atoms with Gasteiger partial charge in [-0.05, 0) is 76.8 Å². The van der Waals surface area contributed by atoms with E-state index in [1.807, 2.05) is 52.0 Å². The van der Waals surface area contributed by atoms with Crippen molar-refractivity contribution in [1.82, 2.24) is 5.32 Å². The summed E-state index contributed by atoms with van der Waals surface area (Å²) in [4.78, 5) is 12.2. The van der Waals surface area contributed by atoms with Crippen LogP contribution in [-0.4, -0.2) is 24.7 Å². The van der Waals surface area contributed by atoms with E-state index in [1.54, 1.807) is 6.92 Å². The summed E-state index contributed by atoms with van der Waals surface area (Å²) in [5, 5.41) is 2.95. The Morgan fingerprint density at radius 2 is 1.70 bits per heavy atom. The van der Waals surface area contributed by atoms with Crippen LogP contribution >= 0.6 is 0 Å². The highest BCUT2D eigenvalue weighted by Crippen LogP contribution is 2.20. The Bertz CT molecular complexity index is 738. The summed E-state index contributed by atoms with van der Waals surface area (Å²) in [5.74, 6) is 1.56. The van der Waals surface area contributed by atoms with E-state index < -0.39 is 6.10 Å². The highest BCUT2D eigenvalue weighted by Gasteiger charge is 2.15. The Morgan fingerprint density at radius 1 is 1.00 bits per heavy atom. The lowest BCUT2D eigenvalue weighted by Gasteiger charge is -2.16. The van der Waals surface area contributed by atoms with Crippen molar-refractivity contribution in [2.75, 3.05) is 6.54 Å². The molecule has 0 aliphatic heterocycles. The second-order valence-corrected chi connectivity index (χ2v) is 7.23. The normalized spacial score (nSPS) is 11.9. The molecule has 27 heavy (non-hydrogen) atoms. The Morgan fingerprint density at radius 3 is 2.33 bits per heavy atom. The number of hydrogen-bond acceptors (Lipinski definition) is 3. The van der Waals surface area contributed by atoms with E-state index in [2.05, 4.69) is 23.5 Å². The molecule has 0 radical (unpaired) electrons. The summed E-state index contributed by atoms with van der Waals surface area (Å²) >= 11 is 0. The number of carbonyl (C=O) groups excluding carboxylic acids is 1. The zero-order valence-electron chi connectivity index (χ0n) is 17.0. The van der Waals surface area contributed by atoms with Crippen molar-refractivity contribution >= 4 is 5.91 Å². The van der Waals surface area contributed by atoms with Crippen LogP contribution in [0.4, 0.5) is 0 Å². The molecule has 0 fully saturated rings. The van der Waals surface area contributed by atoms with Gasteiger partial charge in [-0.2, -0.15) is 0 Å². The molecule has 0 saturated heterocycles. The van der Waals surface area contributed by atoms with Gasteiger partial charge < -0.3 is 14.8 Å². The van der Waals surface area contributed by atoms with Gasteiger partial charge in [0, 0.05) is 6.54 Å². The van der Waals surface area contributed by atoms with Crippen LogP contribution in [0.3, 0.4) is 0 Å². The Balaban J connectivity index is 1.72. The number of benzene rings is 2. The van der Waals surface area contributed by atoms with E-state index >= 15 is 0 Å². The predicted molar refractivity (Wildman–Crippen MR) is 110 cm³/mol. The lowest BCUT2D eigenvalue weighted by molar-refractivity contribution is -0.127. The van der Waals surface area contributed by atoms with E-state index in [4.69, 9.17) is 9.47 Å². The number of aryl methyl sites for hydroxylation is 3. The maximum Gasteiger partial charge on any atom is 0.260 e. The molecule has 0 saturated carbocycles. The fraction of sp³-hybridized carbons (Fsp3) is 0.435. The summed E-state index contributed by atoms with van der Waals surface area (Å²) in [6.45, 7) is 10.5. The van der Waals surface area contributed by atoms with Crippen LogP contribution < -0.4 is 14.8 Å². The van der Waals surface area contributed by atoms with Crippen molar-refractivity contribution in [1.29, 1.82) is 0 Å². The second-order valence-electron chi connectivity index (χ2n) is 7.23. The van der Waals surface area contributed by atoms with Crippen molar-refractivity contribution in [2.45, 2.75) is 59.7 Å². The van der Waals surface area contributed by atoms with Gasteiger partial charge in [0.05, 0.1) is 6.10 Å². The molecule has 4 nitrogen and oxygen atoms in total. The number of carbonyl (C=O) groups is 1. The van der Waals surface area contributed by atoms with Gasteiger partial charge in [-0.3, -0.25) is 4.79 Å². The minimum Gasteiger partial charge on any atom is -0.491 e. The highest BCUT2D eigenvalue weighted by atomic mass is 16.5. The van der Waals surface area contributed by atoms with Crippen molar-refractivity contribution in [3.63, 3.8) is 0 Å². The van der Waals surface area contributed by atoms with Gasteiger partial charge in [0.15, 0.2) is 6.10 Å². The predicted octanol–water partition coefficient (Wildman–Crippen LogP) is 4.61. The van der Waals surface area contributed by atoms with Crippen molar-refractivity contribution in [3.8, 4) is 11.5 Å². The van der Waals surface area contributed by atoms with E-state index in [0.29, 0.717) is 6.54 Å². The quantitative estimate of drug-likeness (QED) is 0.657. The largest absolute Gasteiger partial charge is 0.491 e. The number of ether oxygens (including phenoxy) is 2. The van der Waals surface area contributed by atoms with Gasteiger partial charge in [-0.15, -0.1) is 0 Å². The van der Waals surface area contributed by atoms with Crippen LogP contribution in [-0.2, 0) is 11.2 Å². The summed E-state index contributed by atoms with van der Waals surface area (Å²) in [6, 6.07) is 14.1. The molecular weight excluding hydrogens is 338 g/mol. The summed E-state index contributed by atoms with van der Waals surface area (Å²) in [5.41, 5.74) is 3.46. The molecule has 0 aliphatic carbocycles. The molecular formula is C23H31NO3. The summed E-state index contributed by atoms with van der Waals surface area (Å²) < 4.78 is 11.4. The molecule has 1 amide bonds. The molecule has 146 valence electrons. The lowest BCUT2D eigenvalue weighted by atomic mass is 10.1. The SMILES string of the molecule is Cc1ccc(O[C@@H](C)C(=O)NCCCc2ccc(OC(C)C)cc2)c(C)c1. The maximum absolute atomic E-state index is 12.2. The third-order valence-corrected chi connectivity index (χ3v) is 4.24. The number of hydrogen-bond donors (Lipinski definition) is 1. The monoisotopic (exact) mass is 369 g/mol. The van der Waals surface area contributed by atoms with Crippen LogP contribution in [0.1, 0.15) is 43.9 Å². The molecule has 0 spiro atoms. The molecule has 2 aromatic carbocycles. The third-order valence-electron chi connectivity index (χ3n) is 4.24. The first-order chi connectivity index (χ1) is 12.8. The molecule has 1 N–H and O–H groups in total. The summed E-state index contributed by atoms with van der Waals surface area (Å²) in [7, 11) is 0. The average molecular weight is 370 g/mol. The summed E-state index contributed by atoms with van der Waals surface area (Å²) in [6.07, 6.45) is 1.46. The Labute approximate surface area is 162 Å². The van der Waals surface area contributed by atoms with Gasteiger partial charge in [-0.1, -0.05) is 29.8 Å². The molecule has 4 heteroatoms. The first-order valence-electron chi connectivity index (χ1n) is 9.62. The van der Waals surface area contributed by atoms with Crippen LogP contribution in [0, 0.1) is 13.8 Å². The zero-order chi connectivity index (χ0) is 19.8. The smallest absolute Gasteiger partial charge is 0.260 e. The molecule has 0 aromatic heterocycles. The van der Waals surface area contributed by atoms with Gasteiger partial charge >= 0.3 is 0 Å². The molecule has 2 aromatic rings. The minimum absolute atomic E-state index is 0.0874. The van der Waals surface area contributed by atoms with E-state index in [-0.39, 0.29) is 12.0 Å². The Hall–Kier alpha value is -2.49. The lowest BCUT2D eigenvalue weighted by Crippen LogP contribution is -2.37. The zero-order valence-corrected chi connectivity index (χ0v) is 17.0. The van der Waals surface area contributed by atoms with Crippen LogP contribution in [0.15, 0.2) is 42.5 Å². The fourth-order valence-corrected chi connectivity index (χ4v) is 2.83. The third kappa shape index (κ3) is 6.97. The van der Waals surface area contributed by atoms with Crippen LogP contribution in [0.2, 0.25) is 0 Å². The molecule has 0 heterocycles. The highest BCUT2D eigenvalue weighted by molar-refractivity contribution is 5.80. The molecule has 0 unspecified atom stereocenters. The van der Waals surface area contributed by atoms with E-state index in [1.165, 1.54) is 11.1 Å². The standard InChI is InChI=1S/C23H31NO3/c1-16(2)26-21-11-9-20(10-12-21)7-6-14-24-23(25)19(5)27-22-13-8-17(3)15-18(22)4/h8-13,15-16,19H,6-7,14H2,1-5H3,(H,24,25)/t19-/m0/s1. The topological polar surface area (TPSA) is 47.6 Å². The molecule has 2 rings (SSSR count). The molecule has 0 aliphatic rings. The maximum atomic E-state index is 12.2. The molecule has 1 atom stereocenters. The van der Waals surface area contributed by atoms with Gasteiger partial charge in [0.25, 0.3) is 5.91 Å². The van der Waals surface area contributed by atoms with Crippen molar-refractivity contribution in [2.24, 2.45) is 0 Å². The van der Waals surface area contributed by atoms with Gasteiger partial charge in [0.1, 0.15) is 11.5 Å². The minimum atomic E-state index is -0.515. The Kier molecular flexibility index (Phi) is 7.71. The van der Waals surface area contributed by atoms with E-state index in [0.717, 1.165) is 29.9 Å². The van der Waals surface area contributed by atoms with Crippen LogP contribution in [0.25, 0.3) is 0 Å². The number of rotatable bonds is 9. The first-order valence-corrected chi connectivity index (χ1v) is 9.62. The van der Waals surface area contributed by atoms with Crippen LogP contribution in [0.5, 0.6) is 11.5 Å². The average Bonchev–Trinajstić information content (AvgIpc) is 2.61. The number of nitrogens with one attached hydrogen (secondary N) is 1. The first kappa shape index (κ1) is 20.8. The van der Waals surface area contributed by atoms with Gasteiger partial charge in [0.2, 0.25) is 0 Å². The fourth-order valence-electron chi connectivity index (χ4n) is 2.83. The van der Waals surface area contributed by atoms with Crippen molar-refractivity contribution in [3.05, 3.63) is 59.2 Å². The number of amides is 1. The molecule has 0 bridgehead atoms. The van der Waals surface area contributed by atoms with Crippen molar-refractivity contribution < 1.29 is 14.3 Å².